The van der Waals surface area contributed by atoms with Crippen LogP contribution in [0.15, 0.2) is 36.5 Å². The number of aryl methyl sites for hydroxylation is 1. The van der Waals surface area contributed by atoms with Crippen LogP contribution >= 0.6 is 0 Å². The lowest BCUT2D eigenvalue weighted by molar-refractivity contribution is 0.100. The van der Waals surface area contributed by atoms with E-state index in [0.717, 1.165) is 31.5 Å². The number of aromatic nitrogens is 1. The molecular formula is C16H18N4O. The summed E-state index contributed by atoms with van der Waals surface area (Å²) in [4.78, 5) is 18.1. The molecule has 1 aliphatic heterocycles. The van der Waals surface area contributed by atoms with E-state index in [1.54, 1.807) is 12.3 Å². The molecule has 108 valence electrons. The Hall–Kier alpha value is -2.56. The molecule has 0 bridgehead atoms. The van der Waals surface area contributed by atoms with Crippen molar-refractivity contribution >= 4 is 23.1 Å². The van der Waals surface area contributed by atoms with Gasteiger partial charge in [0, 0.05) is 12.2 Å². The molecule has 5 heteroatoms. The summed E-state index contributed by atoms with van der Waals surface area (Å²) in [7, 11) is 0. The second kappa shape index (κ2) is 5.44. The van der Waals surface area contributed by atoms with E-state index in [2.05, 4.69) is 22.0 Å². The minimum atomic E-state index is -0.508. The number of nitrogens with zero attached hydrogens (tertiary/aromatic N) is 2. The molecule has 2 heterocycles. The number of hydrogen-bond donors (Lipinski definition) is 2. The summed E-state index contributed by atoms with van der Waals surface area (Å²) in [5.41, 5.74) is 14.4. The second-order valence-corrected chi connectivity index (χ2v) is 5.24. The van der Waals surface area contributed by atoms with Crippen molar-refractivity contribution in [3.8, 4) is 0 Å². The van der Waals surface area contributed by atoms with Gasteiger partial charge in [-0.05, 0) is 37.0 Å². The van der Waals surface area contributed by atoms with Crippen molar-refractivity contribution in [3.05, 3.63) is 47.7 Å². The molecule has 0 atom stereocenters. The van der Waals surface area contributed by atoms with Crippen LogP contribution in [0, 0.1) is 0 Å². The fourth-order valence-corrected chi connectivity index (χ4v) is 2.78. The first kappa shape index (κ1) is 13.4. The summed E-state index contributed by atoms with van der Waals surface area (Å²) in [5.74, 6) is 0.0811. The standard InChI is InChI=1S/C16H18N4O/c17-12-9-13(15(18)21)16(19-10-12)20-8-4-3-6-11-5-1-2-7-14(11)20/h1-2,5,7,9-10H,3-4,6,8,17H2,(H2,18,21). The minimum absolute atomic E-state index is 0.367. The Morgan fingerprint density at radius 1 is 1.24 bits per heavy atom. The number of carbonyl (C=O) groups excluding carboxylic acids is 1. The maximum absolute atomic E-state index is 11.7. The maximum Gasteiger partial charge on any atom is 0.252 e. The third kappa shape index (κ3) is 2.54. The number of fused-ring (bicyclic) bond motifs is 1. The van der Waals surface area contributed by atoms with Crippen LogP contribution < -0.4 is 16.4 Å². The Bertz CT molecular complexity index is 684. The highest BCUT2D eigenvalue weighted by molar-refractivity contribution is 5.99. The molecule has 0 radical (unpaired) electrons. The third-order valence-corrected chi connectivity index (χ3v) is 3.77. The van der Waals surface area contributed by atoms with Crippen molar-refractivity contribution in [1.29, 1.82) is 0 Å². The highest BCUT2D eigenvalue weighted by Gasteiger charge is 2.22. The fraction of sp³-hybridized carbons (Fsp3) is 0.250. The van der Waals surface area contributed by atoms with Crippen molar-refractivity contribution in [2.45, 2.75) is 19.3 Å². The fourth-order valence-electron chi connectivity index (χ4n) is 2.78. The maximum atomic E-state index is 11.7. The van der Waals surface area contributed by atoms with Crippen LogP contribution in [0.1, 0.15) is 28.8 Å². The van der Waals surface area contributed by atoms with E-state index in [9.17, 15) is 4.79 Å². The molecule has 0 saturated carbocycles. The number of nitrogens with two attached hydrogens (primary N) is 2. The Balaban J connectivity index is 2.14. The molecule has 1 aliphatic rings. The number of primary amides is 1. The Labute approximate surface area is 123 Å². The Kier molecular flexibility index (Phi) is 3.48. The molecule has 0 saturated heterocycles. The van der Waals surface area contributed by atoms with Gasteiger partial charge in [-0.2, -0.15) is 0 Å². The van der Waals surface area contributed by atoms with Crippen LogP contribution in [-0.4, -0.2) is 17.4 Å². The number of carbonyl (C=O) groups is 1. The number of amides is 1. The zero-order valence-electron chi connectivity index (χ0n) is 11.7. The average Bonchev–Trinajstić information content (AvgIpc) is 2.69. The quantitative estimate of drug-likeness (QED) is 0.884. The molecule has 0 fully saturated rings. The highest BCUT2D eigenvalue weighted by Crippen LogP contribution is 2.33. The lowest BCUT2D eigenvalue weighted by atomic mass is 10.1. The number of hydrogen-bond acceptors (Lipinski definition) is 4. The largest absolute Gasteiger partial charge is 0.397 e. The molecule has 0 unspecified atom stereocenters. The Morgan fingerprint density at radius 2 is 2.05 bits per heavy atom. The second-order valence-electron chi connectivity index (χ2n) is 5.24. The summed E-state index contributed by atoms with van der Waals surface area (Å²) < 4.78 is 0. The molecule has 4 N–H and O–H groups in total. The third-order valence-electron chi connectivity index (χ3n) is 3.77. The van der Waals surface area contributed by atoms with Gasteiger partial charge in [0.25, 0.3) is 5.91 Å². The normalized spacial score (nSPS) is 14.4. The summed E-state index contributed by atoms with van der Waals surface area (Å²) in [5, 5.41) is 0. The number of para-hydroxylation sites is 1. The van der Waals surface area contributed by atoms with Crippen molar-refractivity contribution in [2.24, 2.45) is 5.73 Å². The van der Waals surface area contributed by atoms with E-state index in [4.69, 9.17) is 11.5 Å². The van der Waals surface area contributed by atoms with E-state index in [1.165, 1.54) is 5.56 Å². The van der Waals surface area contributed by atoms with Crippen molar-refractivity contribution in [2.75, 3.05) is 17.2 Å². The predicted octanol–water partition coefficient (Wildman–Crippen LogP) is 2.24. The summed E-state index contributed by atoms with van der Waals surface area (Å²) >= 11 is 0. The van der Waals surface area contributed by atoms with Crippen LogP contribution in [0.5, 0.6) is 0 Å². The van der Waals surface area contributed by atoms with Gasteiger partial charge in [-0.25, -0.2) is 4.98 Å². The van der Waals surface area contributed by atoms with Gasteiger partial charge in [-0.15, -0.1) is 0 Å². The van der Waals surface area contributed by atoms with Crippen LogP contribution in [0.3, 0.4) is 0 Å². The molecule has 2 aromatic rings. The average molecular weight is 282 g/mol. The lowest BCUT2D eigenvalue weighted by Gasteiger charge is -2.25. The van der Waals surface area contributed by atoms with E-state index < -0.39 is 5.91 Å². The van der Waals surface area contributed by atoms with E-state index >= 15 is 0 Å². The topological polar surface area (TPSA) is 85.2 Å². The van der Waals surface area contributed by atoms with Crippen LogP contribution in [0.4, 0.5) is 17.2 Å². The molecule has 1 aromatic heterocycles. The van der Waals surface area contributed by atoms with Gasteiger partial charge < -0.3 is 16.4 Å². The monoisotopic (exact) mass is 282 g/mol. The zero-order valence-corrected chi connectivity index (χ0v) is 11.7. The molecule has 0 spiro atoms. The summed E-state index contributed by atoms with van der Waals surface area (Å²) in [6, 6.07) is 9.81. The van der Waals surface area contributed by atoms with Crippen LogP contribution in [0.2, 0.25) is 0 Å². The van der Waals surface area contributed by atoms with Crippen LogP contribution in [-0.2, 0) is 6.42 Å². The van der Waals surface area contributed by atoms with Crippen molar-refractivity contribution in [3.63, 3.8) is 0 Å². The van der Waals surface area contributed by atoms with Gasteiger partial charge in [0.1, 0.15) is 5.82 Å². The number of benzene rings is 1. The van der Waals surface area contributed by atoms with Gasteiger partial charge in [0.15, 0.2) is 0 Å². The smallest absolute Gasteiger partial charge is 0.252 e. The predicted molar refractivity (Wildman–Crippen MR) is 83.6 cm³/mol. The summed E-state index contributed by atoms with van der Waals surface area (Å²) in [6.45, 7) is 0.814. The van der Waals surface area contributed by atoms with E-state index in [-0.39, 0.29) is 0 Å². The first-order chi connectivity index (χ1) is 10.2. The van der Waals surface area contributed by atoms with Gasteiger partial charge >= 0.3 is 0 Å². The molecule has 0 aliphatic carbocycles. The molecule has 1 aromatic carbocycles. The van der Waals surface area contributed by atoms with Gasteiger partial charge in [0.2, 0.25) is 0 Å². The number of anilines is 3. The molecule has 3 rings (SSSR count). The first-order valence-electron chi connectivity index (χ1n) is 7.07. The number of pyridine rings is 1. The molecular weight excluding hydrogens is 264 g/mol. The molecule has 5 nitrogen and oxygen atoms in total. The zero-order chi connectivity index (χ0) is 14.8. The minimum Gasteiger partial charge on any atom is -0.397 e. The highest BCUT2D eigenvalue weighted by atomic mass is 16.1. The Morgan fingerprint density at radius 3 is 2.86 bits per heavy atom. The lowest BCUT2D eigenvalue weighted by Crippen LogP contribution is -2.24. The molecule has 1 amide bonds. The van der Waals surface area contributed by atoms with Gasteiger partial charge in [-0.1, -0.05) is 18.2 Å². The first-order valence-corrected chi connectivity index (χ1v) is 7.07. The SMILES string of the molecule is NC(=O)c1cc(N)cnc1N1CCCCc2ccccc21. The van der Waals surface area contributed by atoms with E-state index in [0.29, 0.717) is 17.1 Å². The van der Waals surface area contributed by atoms with Gasteiger partial charge in [0.05, 0.1) is 17.4 Å². The van der Waals surface area contributed by atoms with Crippen molar-refractivity contribution in [1.82, 2.24) is 4.98 Å². The van der Waals surface area contributed by atoms with Crippen molar-refractivity contribution < 1.29 is 4.79 Å². The van der Waals surface area contributed by atoms with E-state index in [1.807, 2.05) is 12.1 Å². The van der Waals surface area contributed by atoms with Crippen LogP contribution in [0.25, 0.3) is 0 Å². The van der Waals surface area contributed by atoms with Gasteiger partial charge in [-0.3, -0.25) is 4.79 Å². The number of rotatable bonds is 2. The summed E-state index contributed by atoms with van der Waals surface area (Å²) in [6.07, 6.45) is 4.76. The molecule has 21 heavy (non-hydrogen) atoms. The number of nitrogen functional groups attached to an aromatic ring is 1.